The number of hydrogen-bond acceptors (Lipinski definition) is 4. The van der Waals surface area contributed by atoms with Crippen LogP contribution in [0.3, 0.4) is 0 Å². The minimum absolute atomic E-state index is 0.0568. The largest absolute Gasteiger partial charge is 0.370 e. The van der Waals surface area contributed by atoms with Crippen LogP contribution in [0.25, 0.3) is 5.65 Å². The number of carbonyl (C=O) groups excluding carboxylic acids is 1. The van der Waals surface area contributed by atoms with Crippen LogP contribution in [0.1, 0.15) is 27.7 Å². The van der Waals surface area contributed by atoms with E-state index in [1.54, 1.807) is 18.6 Å². The topological polar surface area (TPSA) is 59.7 Å². The number of nitrogens with zero attached hydrogens (tertiary/aromatic N) is 4. The molecule has 0 spiro atoms. The van der Waals surface area contributed by atoms with Crippen molar-refractivity contribution in [2.45, 2.75) is 13.0 Å². The fourth-order valence-corrected chi connectivity index (χ4v) is 2.98. The molecule has 6 heteroatoms. The summed E-state index contributed by atoms with van der Waals surface area (Å²) in [5, 5.41) is 0. The Labute approximate surface area is 139 Å². The Balaban J connectivity index is 1.56. The molecule has 0 aromatic carbocycles. The van der Waals surface area contributed by atoms with E-state index in [0.717, 1.165) is 16.8 Å². The van der Waals surface area contributed by atoms with Gasteiger partial charge in [0.15, 0.2) is 0 Å². The molecule has 4 rings (SSSR count). The first-order valence-electron chi connectivity index (χ1n) is 7.97. The number of ether oxygens (including phenoxy) is 1. The second-order valence-electron chi connectivity index (χ2n) is 5.99. The van der Waals surface area contributed by atoms with Gasteiger partial charge in [0.1, 0.15) is 17.4 Å². The lowest BCUT2D eigenvalue weighted by atomic mass is 10.1. The SMILES string of the molecule is Cc1ccc2nc(C(=O)N3CCO[C@@H](c4ccncc4)C3)cn2c1. The first kappa shape index (κ1) is 14.8. The summed E-state index contributed by atoms with van der Waals surface area (Å²) in [5.74, 6) is -0.0568. The number of aryl methyl sites for hydroxylation is 1. The van der Waals surface area contributed by atoms with E-state index in [9.17, 15) is 4.79 Å². The van der Waals surface area contributed by atoms with Crippen molar-refractivity contribution in [3.63, 3.8) is 0 Å². The van der Waals surface area contributed by atoms with Crippen LogP contribution in [0, 0.1) is 6.92 Å². The molecule has 3 aromatic heterocycles. The maximum absolute atomic E-state index is 12.8. The van der Waals surface area contributed by atoms with E-state index in [1.807, 2.05) is 46.7 Å². The van der Waals surface area contributed by atoms with Crippen LogP contribution in [0.15, 0.2) is 49.1 Å². The first-order chi connectivity index (χ1) is 11.7. The van der Waals surface area contributed by atoms with Crippen LogP contribution < -0.4 is 0 Å². The maximum atomic E-state index is 12.8. The van der Waals surface area contributed by atoms with Gasteiger partial charge in [-0.1, -0.05) is 6.07 Å². The van der Waals surface area contributed by atoms with Crippen LogP contribution >= 0.6 is 0 Å². The van der Waals surface area contributed by atoms with Gasteiger partial charge in [0.25, 0.3) is 5.91 Å². The molecule has 1 atom stereocenters. The summed E-state index contributed by atoms with van der Waals surface area (Å²) in [7, 11) is 0. The molecule has 1 aliphatic rings. The van der Waals surface area contributed by atoms with E-state index in [-0.39, 0.29) is 12.0 Å². The Hall–Kier alpha value is -2.73. The molecule has 1 aliphatic heterocycles. The van der Waals surface area contributed by atoms with E-state index < -0.39 is 0 Å². The smallest absolute Gasteiger partial charge is 0.274 e. The number of morpholine rings is 1. The van der Waals surface area contributed by atoms with Gasteiger partial charge in [-0.15, -0.1) is 0 Å². The zero-order valence-corrected chi connectivity index (χ0v) is 13.4. The highest BCUT2D eigenvalue weighted by Gasteiger charge is 2.27. The molecule has 0 saturated carbocycles. The Bertz CT molecular complexity index is 875. The lowest BCUT2D eigenvalue weighted by Gasteiger charge is -2.32. The molecule has 0 aliphatic carbocycles. The fraction of sp³-hybridized carbons (Fsp3) is 0.278. The first-order valence-corrected chi connectivity index (χ1v) is 7.97. The standard InChI is InChI=1S/C18H18N4O2/c1-13-2-3-17-20-15(11-22(17)10-13)18(23)21-8-9-24-16(12-21)14-4-6-19-7-5-14/h2-7,10-11,16H,8-9,12H2,1H3/t16-/m1/s1. The lowest BCUT2D eigenvalue weighted by Crippen LogP contribution is -2.42. The summed E-state index contributed by atoms with van der Waals surface area (Å²) in [6.07, 6.45) is 7.12. The van der Waals surface area contributed by atoms with Gasteiger partial charge >= 0.3 is 0 Å². The molecule has 122 valence electrons. The van der Waals surface area contributed by atoms with Crippen LogP contribution in [0.2, 0.25) is 0 Å². The Morgan fingerprint density at radius 3 is 2.88 bits per heavy atom. The van der Waals surface area contributed by atoms with Gasteiger partial charge in [0.2, 0.25) is 0 Å². The summed E-state index contributed by atoms with van der Waals surface area (Å²) in [6, 6.07) is 7.76. The van der Waals surface area contributed by atoms with Crippen molar-refractivity contribution in [3.05, 3.63) is 65.9 Å². The third kappa shape index (κ3) is 2.76. The highest BCUT2D eigenvalue weighted by atomic mass is 16.5. The predicted octanol–water partition coefficient (Wildman–Crippen LogP) is 2.25. The number of hydrogen-bond donors (Lipinski definition) is 0. The number of aromatic nitrogens is 3. The molecule has 1 fully saturated rings. The molecule has 3 aromatic rings. The molecule has 0 bridgehead atoms. The quantitative estimate of drug-likeness (QED) is 0.726. The zero-order valence-electron chi connectivity index (χ0n) is 13.4. The van der Waals surface area contributed by atoms with Crippen LogP contribution in [-0.4, -0.2) is 44.9 Å². The minimum atomic E-state index is -0.120. The number of pyridine rings is 2. The molecular weight excluding hydrogens is 304 g/mol. The number of imidazole rings is 1. The van der Waals surface area contributed by atoms with Crippen molar-refractivity contribution in [2.24, 2.45) is 0 Å². The van der Waals surface area contributed by atoms with E-state index in [0.29, 0.717) is 25.4 Å². The number of rotatable bonds is 2. The minimum Gasteiger partial charge on any atom is -0.370 e. The Morgan fingerprint density at radius 2 is 2.04 bits per heavy atom. The average Bonchev–Trinajstić information content (AvgIpc) is 3.05. The fourth-order valence-electron chi connectivity index (χ4n) is 2.98. The third-order valence-electron chi connectivity index (χ3n) is 4.25. The summed E-state index contributed by atoms with van der Waals surface area (Å²) in [5.41, 5.74) is 3.41. The van der Waals surface area contributed by atoms with Crippen molar-refractivity contribution in [1.82, 2.24) is 19.3 Å². The Kier molecular flexibility index (Phi) is 3.74. The number of fused-ring (bicyclic) bond motifs is 1. The molecule has 0 radical (unpaired) electrons. The highest BCUT2D eigenvalue weighted by Crippen LogP contribution is 2.22. The van der Waals surface area contributed by atoms with Gasteiger partial charge in [-0.2, -0.15) is 0 Å². The number of amides is 1. The molecule has 0 unspecified atom stereocenters. The maximum Gasteiger partial charge on any atom is 0.274 e. The molecule has 1 saturated heterocycles. The second kappa shape index (κ2) is 6.05. The third-order valence-corrected chi connectivity index (χ3v) is 4.25. The summed E-state index contributed by atoms with van der Waals surface area (Å²) in [4.78, 5) is 23.1. The lowest BCUT2D eigenvalue weighted by molar-refractivity contribution is -0.0230. The van der Waals surface area contributed by atoms with Crippen LogP contribution in [0.4, 0.5) is 0 Å². The van der Waals surface area contributed by atoms with E-state index >= 15 is 0 Å². The normalized spacial score (nSPS) is 18.0. The van der Waals surface area contributed by atoms with Gasteiger partial charge in [-0.3, -0.25) is 9.78 Å². The summed E-state index contributed by atoms with van der Waals surface area (Å²) >= 11 is 0. The highest BCUT2D eigenvalue weighted by molar-refractivity contribution is 5.93. The van der Waals surface area contributed by atoms with Gasteiger partial charge in [0, 0.05) is 31.3 Å². The number of carbonyl (C=O) groups is 1. The van der Waals surface area contributed by atoms with Crippen LogP contribution in [-0.2, 0) is 4.74 Å². The second-order valence-corrected chi connectivity index (χ2v) is 5.99. The van der Waals surface area contributed by atoms with Gasteiger partial charge < -0.3 is 14.0 Å². The van der Waals surface area contributed by atoms with Crippen molar-refractivity contribution in [2.75, 3.05) is 19.7 Å². The van der Waals surface area contributed by atoms with E-state index in [4.69, 9.17) is 4.74 Å². The van der Waals surface area contributed by atoms with Crippen molar-refractivity contribution in [1.29, 1.82) is 0 Å². The van der Waals surface area contributed by atoms with Gasteiger partial charge in [-0.05, 0) is 36.2 Å². The summed E-state index contributed by atoms with van der Waals surface area (Å²) < 4.78 is 7.70. The molecular formula is C18H18N4O2. The molecule has 24 heavy (non-hydrogen) atoms. The van der Waals surface area contributed by atoms with Crippen LogP contribution in [0.5, 0.6) is 0 Å². The molecule has 4 heterocycles. The molecule has 1 amide bonds. The monoisotopic (exact) mass is 322 g/mol. The van der Waals surface area contributed by atoms with Crippen molar-refractivity contribution in [3.8, 4) is 0 Å². The zero-order chi connectivity index (χ0) is 16.5. The average molecular weight is 322 g/mol. The molecule has 6 nitrogen and oxygen atoms in total. The molecule has 0 N–H and O–H groups in total. The predicted molar refractivity (Wildman–Crippen MR) is 88.8 cm³/mol. The van der Waals surface area contributed by atoms with Gasteiger partial charge in [0.05, 0.1) is 13.2 Å². The van der Waals surface area contributed by atoms with Crippen molar-refractivity contribution >= 4 is 11.6 Å². The van der Waals surface area contributed by atoms with E-state index in [2.05, 4.69) is 9.97 Å². The Morgan fingerprint density at radius 1 is 1.21 bits per heavy atom. The van der Waals surface area contributed by atoms with E-state index in [1.165, 1.54) is 0 Å². The summed E-state index contributed by atoms with van der Waals surface area (Å²) in [6.45, 7) is 3.64. The van der Waals surface area contributed by atoms with Crippen molar-refractivity contribution < 1.29 is 9.53 Å². The van der Waals surface area contributed by atoms with Gasteiger partial charge in [-0.25, -0.2) is 4.98 Å².